The van der Waals surface area contributed by atoms with E-state index in [1.807, 2.05) is 0 Å². The van der Waals surface area contributed by atoms with Crippen LogP contribution in [0.5, 0.6) is 5.75 Å². The molecule has 17 heavy (non-hydrogen) atoms. The molecular formula is C13H18ClNO2. The molecule has 94 valence electrons. The first kappa shape index (κ1) is 14.0. The van der Waals surface area contributed by atoms with E-state index in [2.05, 4.69) is 5.32 Å². The van der Waals surface area contributed by atoms with Crippen LogP contribution in [0.1, 0.15) is 36.0 Å². The van der Waals surface area contributed by atoms with Gasteiger partial charge >= 0.3 is 0 Å². The molecule has 0 heterocycles. The first-order valence-electron chi connectivity index (χ1n) is 5.81. The highest BCUT2D eigenvalue weighted by molar-refractivity contribution is 5.97. The number of Topliss-reactive ketones (excluding diaryl/α,β-unsaturated/α-hetero) is 1. The van der Waals surface area contributed by atoms with Crippen LogP contribution in [0.3, 0.4) is 0 Å². The van der Waals surface area contributed by atoms with E-state index >= 15 is 0 Å². The van der Waals surface area contributed by atoms with Gasteiger partial charge in [0.15, 0.2) is 5.78 Å². The lowest BCUT2D eigenvalue weighted by molar-refractivity contribution is 0.0987. The average Bonchev–Trinajstić information content (AvgIpc) is 2.80. The number of hydrogen-bond acceptors (Lipinski definition) is 3. The van der Waals surface area contributed by atoms with Crippen molar-refractivity contribution in [3.8, 4) is 5.75 Å². The molecule has 1 aromatic carbocycles. The van der Waals surface area contributed by atoms with Crippen molar-refractivity contribution in [3.05, 3.63) is 29.8 Å². The third kappa shape index (κ3) is 4.02. The van der Waals surface area contributed by atoms with Gasteiger partial charge in [-0.3, -0.25) is 4.79 Å². The fourth-order valence-corrected chi connectivity index (χ4v) is 2.12. The second-order valence-electron chi connectivity index (χ2n) is 4.33. The molecule has 1 aromatic rings. The fraction of sp³-hybridized carbons (Fsp3) is 0.462. The first-order valence-corrected chi connectivity index (χ1v) is 5.81. The van der Waals surface area contributed by atoms with E-state index in [0.29, 0.717) is 18.2 Å². The number of rotatable bonds is 4. The predicted octanol–water partition coefficient (Wildman–Crippen LogP) is 2.53. The van der Waals surface area contributed by atoms with E-state index in [4.69, 9.17) is 5.11 Å². The molecule has 0 atom stereocenters. The SMILES string of the molecule is Cl.O=C(CNC1CCCC1)c1ccc(O)cc1. The van der Waals surface area contributed by atoms with Crippen molar-refractivity contribution < 1.29 is 9.90 Å². The van der Waals surface area contributed by atoms with Gasteiger partial charge in [-0.1, -0.05) is 12.8 Å². The molecule has 1 aliphatic rings. The van der Waals surface area contributed by atoms with E-state index in [1.165, 1.54) is 25.7 Å². The summed E-state index contributed by atoms with van der Waals surface area (Å²) in [6, 6.07) is 6.93. The van der Waals surface area contributed by atoms with Crippen LogP contribution in [0.15, 0.2) is 24.3 Å². The van der Waals surface area contributed by atoms with Gasteiger partial charge in [-0.05, 0) is 37.1 Å². The number of benzene rings is 1. The highest BCUT2D eigenvalue weighted by Crippen LogP contribution is 2.17. The Labute approximate surface area is 108 Å². The van der Waals surface area contributed by atoms with Crippen molar-refractivity contribution in [1.82, 2.24) is 5.32 Å². The fourth-order valence-electron chi connectivity index (χ4n) is 2.12. The number of aromatic hydroxyl groups is 1. The van der Waals surface area contributed by atoms with Crippen LogP contribution in [0.4, 0.5) is 0 Å². The maximum absolute atomic E-state index is 11.8. The molecule has 0 aromatic heterocycles. The van der Waals surface area contributed by atoms with Gasteiger partial charge in [0.25, 0.3) is 0 Å². The van der Waals surface area contributed by atoms with Gasteiger partial charge < -0.3 is 10.4 Å². The Kier molecular flexibility index (Phi) is 5.45. The number of nitrogens with one attached hydrogen (secondary N) is 1. The van der Waals surface area contributed by atoms with Crippen molar-refractivity contribution in [2.24, 2.45) is 0 Å². The molecule has 0 radical (unpaired) electrons. The van der Waals surface area contributed by atoms with Crippen molar-refractivity contribution >= 4 is 18.2 Å². The minimum Gasteiger partial charge on any atom is -0.508 e. The summed E-state index contributed by atoms with van der Waals surface area (Å²) in [6.45, 7) is 0.398. The van der Waals surface area contributed by atoms with E-state index in [1.54, 1.807) is 24.3 Å². The second kappa shape index (κ2) is 6.62. The zero-order valence-electron chi connectivity index (χ0n) is 9.69. The number of carbonyl (C=O) groups excluding carboxylic acids is 1. The quantitative estimate of drug-likeness (QED) is 0.813. The highest BCUT2D eigenvalue weighted by atomic mass is 35.5. The molecule has 3 nitrogen and oxygen atoms in total. The van der Waals surface area contributed by atoms with Gasteiger partial charge in [0.2, 0.25) is 0 Å². The number of phenols is 1. The van der Waals surface area contributed by atoms with Gasteiger partial charge in [-0.25, -0.2) is 0 Å². The normalized spacial score (nSPS) is 15.5. The monoisotopic (exact) mass is 255 g/mol. The van der Waals surface area contributed by atoms with Crippen molar-refractivity contribution in [2.45, 2.75) is 31.7 Å². The van der Waals surface area contributed by atoms with Crippen molar-refractivity contribution in [1.29, 1.82) is 0 Å². The van der Waals surface area contributed by atoms with E-state index in [-0.39, 0.29) is 23.9 Å². The molecule has 0 aliphatic heterocycles. The van der Waals surface area contributed by atoms with Gasteiger partial charge in [-0.15, -0.1) is 12.4 Å². The number of carbonyl (C=O) groups is 1. The van der Waals surface area contributed by atoms with E-state index < -0.39 is 0 Å². The molecule has 0 saturated heterocycles. The predicted molar refractivity (Wildman–Crippen MR) is 69.9 cm³/mol. The van der Waals surface area contributed by atoms with Crippen LogP contribution >= 0.6 is 12.4 Å². The minimum absolute atomic E-state index is 0. The lowest BCUT2D eigenvalue weighted by Gasteiger charge is -2.10. The third-order valence-electron chi connectivity index (χ3n) is 3.10. The van der Waals surface area contributed by atoms with Crippen LogP contribution in [0.25, 0.3) is 0 Å². The number of hydrogen-bond donors (Lipinski definition) is 2. The maximum Gasteiger partial charge on any atom is 0.176 e. The molecule has 4 heteroatoms. The van der Waals surface area contributed by atoms with Crippen LogP contribution < -0.4 is 5.32 Å². The first-order chi connectivity index (χ1) is 7.75. The molecule has 0 spiro atoms. The zero-order chi connectivity index (χ0) is 11.4. The largest absolute Gasteiger partial charge is 0.508 e. The van der Waals surface area contributed by atoms with E-state index in [9.17, 15) is 4.79 Å². The standard InChI is InChI=1S/C13H17NO2.ClH/c15-12-7-5-10(6-8-12)13(16)9-14-11-3-1-2-4-11;/h5-8,11,14-15H,1-4,9H2;1H. The zero-order valence-corrected chi connectivity index (χ0v) is 10.5. The Hall–Kier alpha value is -1.06. The van der Waals surface area contributed by atoms with Gasteiger partial charge in [0.05, 0.1) is 6.54 Å². The Morgan fingerprint density at radius 2 is 1.82 bits per heavy atom. The van der Waals surface area contributed by atoms with Crippen LogP contribution in [-0.2, 0) is 0 Å². The Bertz CT molecular complexity index is 358. The summed E-state index contributed by atoms with van der Waals surface area (Å²) in [4.78, 5) is 11.8. The average molecular weight is 256 g/mol. The summed E-state index contributed by atoms with van der Waals surface area (Å²) in [6.07, 6.45) is 4.90. The summed E-state index contributed by atoms with van der Waals surface area (Å²) < 4.78 is 0. The molecule has 0 bridgehead atoms. The molecule has 2 rings (SSSR count). The van der Waals surface area contributed by atoms with Crippen LogP contribution in [-0.4, -0.2) is 23.5 Å². The summed E-state index contributed by atoms with van der Waals surface area (Å²) in [5.74, 6) is 0.284. The summed E-state index contributed by atoms with van der Waals surface area (Å²) >= 11 is 0. The van der Waals surface area contributed by atoms with Crippen LogP contribution in [0.2, 0.25) is 0 Å². The number of phenolic OH excluding ortho intramolecular Hbond substituents is 1. The van der Waals surface area contributed by atoms with Gasteiger partial charge in [-0.2, -0.15) is 0 Å². The molecular weight excluding hydrogens is 238 g/mol. The van der Waals surface area contributed by atoms with Gasteiger partial charge in [0, 0.05) is 11.6 Å². The second-order valence-corrected chi connectivity index (χ2v) is 4.33. The summed E-state index contributed by atoms with van der Waals surface area (Å²) in [5, 5.41) is 12.4. The summed E-state index contributed by atoms with van der Waals surface area (Å²) in [7, 11) is 0. The molecule has 0 amide bonds. The lowest BCUT2D eigenvalue weighted by Crippen LogP contribution is -2.31. The Balaban J connectivity index is 0.00000144. The van der Waals surface area contributed by atoms with Crippen molar-refractivity contribution in [2.75, 3.05) is 6.54 Å². The molecule has 2 N–H and O–H groups in total. The minimum atomic E-state index is 0. The van der Waals surface area contributed by atoms with Crippen molar-refractivity contribution in [3.63, 3.8) is 0 Å². The topological polar surface area (TPSA) is 49.3 Å². The third-order valence-corrected chi connectivity index (χ3v) is 3.10. The highest BCUT2D eigenvalue weighted by Gasteiger charge is 2.15. The molecule has 1 saturated carbocycles. The number of halogens is 1. The van der Waals surface area contributed by atoms with E-state index in [0.717, 1.165) is 0 Å². The molecule has 1 aliphatic carbocycles. The molecule has 1 fully saturated rings. The summed E-state index contributed by atoms with van der Waals surface area (Å²) in [5.41, 5.74) is 0.656. The van der Waals surface area contributed by atoms with Crippen LogP contribution in [0, 0.1) is 0 Å². The Morgan fingerprint density at radius 3 is 2.41 bits per heavy atom. The van der Waals surface area contributed by atoms with Gasteiger partial charge in [0.1, 0.15) is 5.75 Å². The number of ketones is 1. The lowest BCUT2D eigenvalue weighted by atomic mass is 10.1. The Morgan fingerprint density at radius 1 is 1.24 bits per heavy atom. The maximum atomic E-state index is 11.8. The smallest absolute Gasteiger partial charge is 0.176 e. The molecule has 0 unspecified atom stereocenters.